The molecule has 0 fully saturated rings. The maximum absolute atomic E-state index is 8.65. The molecular weight excluding hydrogens is 184 g/mol. The van der Waals surface area contributed by atoms with Crippen LogP contribution in [0.3, 0.4) is 0 Å². The van der Waals surface area contributed by atoms with Gasteiger partial charge in [-0.05, 0) is 42.7 Å². The van der Waals surface area contributed by atoms with Gasteiger partial charge in [-0.15, -0.1) is 0 Å². The molecule has 0 heterocycles. The van der Waals surface area contributed by atoms with E-state index < -0.39 is 0 Å². The van der Waals surface area contributed by atoms with E-state index >= 15 is 0 Å². The second-order valence-corrected chi connectivity index (χ2v) is 3.47. The quantitative estimate of drug-likeness (QED) is 0.771. The molecule has 1 nitrogen and oxygen atoms in total. The van der Waals surface area contributed by atoms with Crippen molar-refractivity contribution in [1.82, 2.24) is 0 Å². The van der Waals surface area contributed by atoms with E-state index in [0.29, 0.717) is 0 Å². The first-order valence-electron chi connectivity index (χ1n) is 4.19. The predicted molar refractivity (Wildman–Crippen MR) is 57.0 cm³/mol. The highest BCUT2D eigenvalue weighted by Gasteiger charge is 2.00. The van der Waals surface area contributed by atoms with Crippen molar-refractivity contribution in [3.05, 3.63) is 39.9 Å². The van der Waals surface area contributed by atoms with Crippen LogP contribution in [0.1, 0.15) is 16.7 Å². The molecule has 1 aromatic carbocycles. The van der Waals surface area contributed by atoms with Gasteiger partial charge < -0.3 is 5.11 Å². The summed E-state index contributed by atoms with van der Waals surface area (Å²) in [5.41, 5.74) is 3.41. The molecule has 0 radical (unpaired) electrons. The van der Waals surface area contributed by atoms with Gasteiger partial charge in [-0.3, -0.25) is 0 Å². The van der Waals surface area contributed by atoms with Crippen molar-refractivity contribution in [1.29, 1.82) is 0 Å². The van der Waals surface area contributed by atoms with E-state index in [-0.39, 0.29) is 6.61 Å². The SMILES string of the molecule is Cc1cc(Cl)cc(C)c1C=CCO. The van der Waals surface area contributed by atoms with Gasteiger partial charge >= 0.3 is 0 Å². The van der Waals surface area contributed by atoms with Crippen LogP contribution in [-0.2, 0) is 0 Å². The summed E-state index contributed by atoms with van der Waals surface area (Å²) in [4.78, 5) is 0. The highest BCUT2D eigenvalue weighted by atomic mass is 35.5. The van der Waals surface area contributed by atoms with E-state index in [1.807, 2.05) is 32.1 Å². The lowest BCUT2D eigenvalue weighted by molar-refractivity contribution is 0.343. The van der Waals surface area contributed by atoms with Crippen molar-refractivity contribution in [2.75, 3.05) is 6.61 Å². The van der Waals surface area contributed by atoms with Crippen molar-refractivity contribution in [2.24, 2.45) is 0 Å². The smallest absolute Gasteiger partial charge is 0.0615 e. The summed E-state index contributed by atoms with van der Waals surface area (Å²) in [6.07, 6.45) is 3.64. The van der Waals surface area contributed by atoms with Gasteiger partial charge in [-0.2, -0.15) is 0 Å². The number of aliphatic hydroxyl groups excluding tert-OH is 1. The second-order valence-electron chi connectivity index (χ2n) is 3.04. The van der Waals surface area contributed by atoms with Gasteiger partial charge in [0.05, 0.1) is 6.61 Å². The third-order valence-electron chi connectivity index (χ3n) is 1.95. The van der Waals surface area contributed by atoms with E-state index in [2.05, 4.69) is 0 Å². The van der Waals surface area contributed by atoms with E-state index in [1.165, 1.54) is 0 Å². The van der Waals surface area contributed by atoms with Crippen LogP contribution in [0.4, 0.5) is 0 Å². The van der Waals surface area contributed by atoms with Crippen LogP contribution in [0.5, 0.6) is 0 Å². The van der Waals surface area contributed by atoms with Crippen molar-refractivity contribution in [2.45, 2.75) is 13.8 Å². The molecule has 0 saturated heterocycles. The fourth-order valence-electron chi connectivity index (χ4n) is 1.36. The van der Waals surface area contributed by atoms with E-state index in [0.717, 1.165) is 21.7 Å². The lowest BCUT2D eigenvalue weighted by Gasteiger charge is -2.05. The van der Waals surface area contributed by atoms with Crippen LogP contribution in [0.25, 0.3) is 6.08 Å². The number of hydrogen-bond acceptors (Lipinski definition) is 1. The van der Waals surface area contributed by atoms with E-state index in [1.54, 1.807) is 6.08 Å². The van der Waals surface area contributed by atoms with E-state index in [4.69, 9.17) is 16.7 Å². The van der Waals surface area contributed by atoms with Gasteiger partial charge in [-0.1, -0.05) is 23.8 Å². The Bertz CT molecular complexity index is 306. The summed E-state index contributed by atoms with van der Waals surface area (Å²) in [6.45, 7) is 4.09. The molecule has 2 heteroatoms. The fraction of sp³-hybridized carbons (Fsp3) is 0.273. The third-order valence-corrected chi connectivity index (χ3v) is 2.17. The number of benzene rings is 1. The minimum atomic E-state index is 0.0709. The van der Waals surface area contributed by atoms with Gasteiger partial charge in [0, 0.05) is 5.02 Å². The number of aryl methyl sites for hydroxylation is 2. The number of aliphatic hydroxyl groups is 1. The standard InChI is InChI=1S/C11H13ClO/c1-8-6-10(12)7-9(2)11(8)4-3-5-13/h3-4,6-7,13H,5H2,1-2H3. The molecule has 1 rings (SSSR count). The molecular formula is C11H13ClO. The molecule has 0 unspecified atom stereocenters. The molecule has 0 aliphatic carbocycles. The minimum absolute atomic E-state index is 0.0709. The molecule has 0 atom stereocenters. The molecule has 70 valence electrons. The lowest BCUT2D eigenvalue weighted by atomic mass is 10.0. The number of rotatable bonds is 2. The molecule has 1 N–H and O–H groups in total. The molecule has 0 aromatic heterocycles. The lowest BCUT2D eigenvalue weighted by Crippen LogP contribution is -1.86. The monoisotopic (exact) mass is 196 g/mol. The first kappa shape index (κ1) is 10.3. The van der Waals surface area contributed by atoms with Crippen LogP contribution in [-0.4, -0.2) is 11.7 Å². The molecule has 0 amide bonds. The Hall–Kier alpha value is -0.790. The minimum Gasteiger partial charge on any atom is -0.392 e. The van der Waals surface area contributed by atoms with Crippen LogP contribution < -0.4 is 0 Å². The normalized spacial score (nSPS) is 11.1. The summed E-state index contributed by atoms with van der Waals surface area (Å²) in [6, 6.07) is 3.84. The molecule has 13 heavy (non-hydrogen) atoms. The summed E-state index contributed by atoms with van der Waals surface area (Å²) in [5.74, 6) is 0. The summed E-state index contributed by atoms with van der Waals surface area (Å²) in [7, 11) is 0. The molecule has 0 spiro atoms. The highest BCUT2D eigenvalue weighted by molar-refractivity contribution is 6.30. The summed E-state index contributed by atoms with van der Waals surface area (Å²) >= 11 is 5.88. The zero-order valence-electron chi connectivity index (χ0n) is 7.84. The molecule has 0 saturated carbocycles. The van der Waals surface area contributed by atoms with Gasteiger partial charge in [0.1, 0.15) is 0 Å². The second kappa shape index (κ2) is 4.45. The van der Waals surface area contributed by atoms with Crippen LogP contribution in [0.15, 0.2) is 18.2 Å². The molecule has 0 bridgehead atoms. The zero-order chi connectivity index (χ0) is 9.84. The number of halogens is 1. The largest absolute Gasteiger partial charge is 0.392 e. The molecule has 0 aliphatic rings. The zero-order valence-corrected chi connectivity index (χ0v) is 8.60. The Morgan fingerprint density at radius 1 is 1.31 bits per heavy atom. The van der Waals surface area contributed by atoms with Crippen LogP contribution in [0.2, 0.25) is 5.02 Å². The highest BCUT2D eigenvalue weighted by Crippen LogP contribution is 2.20. The van der Waals surface area contributed by atoms with Gasteiger partial charge in [0.15, 0.2) is 0 Å². The van der Waals surface area contributed by atoms with Crippen molar-refractivity contribution >= 4 is 17.7 Å². The predicted octanol–water partition coefficient (Wildman–Crippen LogP) is 2.96. The topological polar surface area (TPSA) is 20.2 Å². The third kappa shape index (κ3) is 2.58. The maximum Gasteiger partial charge on any atom is 0.0615 e. The van der Waals surface area contributed by atoms with Gasteiger partial charge in [-0.25, -0.2) is 0 Å². The van der Waals surface area contributed by atoms with E-state index in [9.17, 15) is 0 Å². The maximum atomic E-state index is 8.65. The van der Waals surface area contributed by atoms with Crippen LogP contribution in [0, 0.1) is 13.8 Å². The summed E-state index contributed by atoms with van der Waals surface area (Å²) in [5, 5.41) is 9.41. The first-order valence-corrected chi connectivity index (χ1v) is 4.57. The Labute approximate surface area is 83.7 Å². The first-order chi connectivity index (χ1) is 6.15. The van der Waals surface area contributed by atoms with Crippen LogP contribution >= 0.6 is 11.6 Å². The number of hydrogen-bond donors (Lipinski definition) is 1. The summed E-state index contributed by atoms with van der Waals surface area (Å²) < 4.78 is 0. The molecule has 0 aliphatic heterocycles. The van der Waals surface area contributed by atoms with Crippen molar-refractivity contribution in [3.8, 4) is 0 Å². The Kier molecular flexibility index (Phi) is 3.52. The average Bonchev–Trinajstić information content (AvgIpc) is 2.02. The average molecular weight is 197 g/mol. The van der Waals surface area contributed by atoms with Gasteiger partial charge in [0.2, 0.25) is 0 Å². The van der Waals surface area contributed by atoms with Gasteiger partial charge in [0.25, 0.3) is 0 Å². The Morgan fingerprint density at radius 3 is 2.31 bits per heavy atom. The van der Waals surface area contributed by atoms with Crippen molar-refractivity contribution < 1.29 is 5.11 Å². The van der Waals surface area contributed by atoms with Crippen molar-refractivity contribution in [3.63, 3.8) is 0 Å². The fourth-order valence-corrected chi connectivity index (χ4v) is 1.68. The molecule has 1 aromatic rings. The Morgan fingerprint density at radius 2 is 1.85 bits per heavy atom. The Balaban J connectivity index is 3.13.